The lowest BCUT2D eigenvalue weighted by atomic mass is 10.1. The molecule has 0 saturated heterocycles. The molecule has 0 aliphatic heterocycles. The smallest absolute Gasteiger partial charge is 0.219 e. The van der Waals surface area contributed by atoms with E-state index in [1.165, 1.54) is 11.3 Å². The van der Waals surface area contributed by atoms with Gasteiger partial charge in [-0.3, -0.25) is 4.79 Å². The summed E-state index contributed by atoms with van der Waals surface area (Å²) < 4.78 is 0. The number of carbonyl (C=O) groups excluding carboxylic acids is 1. The molecule has 0 saturated carbocycles. The maximum absolute atomic E-state index is 11.1. The molecule has 0 unspecified atom stereocenters. The topological polar surface area (TPSA) is 44.4 Å². The predicted molar refractivity (Wildman–Crippen MR) is 77.3 cm³/mol. The molecule has 4 nitrogen and oxygen atoms in total. The molecule has 0 aliphatic carbocycles. The standard InChI is InChI=1S/C14H23N3O/c1-11-7-8-12(10-13(11)17(3)4)16-9-5-6-14(18)15-2/h7-8,10,16H,5-6,9H2,1-4H3,(H,15,18). The van der Waals surface area contributed by atoms with Gasteiger partial charge in [0, 0.05) is 45.5 Å². The highest BCUT2D eigenvalue weighted by molar-refractivity contribution is 5.75. The number of amides is 1. The lowest BCUT2D eigenvalue weighted by Crippen LogP contribution is -2.18. The minimum absolute atomic E-state index is 0.0923. The second-order valence-electron chi connectivity index (χ2n) is 4.60. The van der Waals surface area contributed by atoms with Crippen LogP contribution in [0.5, 0.6) is 0 Å². The van der Waals surface area contributed by atoms with Crippen molar-refractivity contribution in [2.75, 3.05) is 37.9 Å². The average molecular weight is 249 g/mol. The van der Waals surface area contributed by atoms with Gasteiger partial charge in [-0.05, 0) is 31.0 Å². The van der Waals surface area contributed by atoms with Gasteiger partial charge in [0.2, 0.25) is 5.91 Å². The summed E-state index contributed by atoms with van der Waals surface area (Å²) in [6.07, 6.45) is 1.40. The third-order valence-electron chi connectivity index (χ3n) is 2.88. The molecule has 0 aliphatic rings. The Morgan fingerprint density at radius 3 is 2.67 bits per heavy atom. The summed E-state index contributed by atoms with van der Waals surface area (Å²) in [6, 6.07) is 6.31. The molecule has 0 spiro atoms. The van der Waals surface area contributed by atoms with Crippen LogP contribution in [0, 0.1) is 6.92 Å². The second kappa shape index (κ2) is 6.89. The highest BCUT2D eigenvalue weighted by Crippen LogP contribution is 2.22. The monoisotopic (exact) mass is 249 g/mol. The van der Waals surface area contributed by atoms with E-state index >= 15 is 0 Å². The van der Waals surface area contributed by atoms with Gasteiger partial charge in [-0.25, -0.2) is 0 Å². The number of nitrogens with one attached hydrogen (secondary N) is 2. The van der Waals surface area contributed by atoms with Gasteiger partial charge in [0.25, 0.3) is 0 Å². The summed E-state index contributed by atoms with van der Waals surface area (Å²) in [5.74, 6) is 0.0923. The Bertz CT molecular complexity index is 402. The number of anilines is 2. The molecule has 0 aromatic heterocycles. The normalized spacial score (nSPS) is 10.0. The van der Waals surface area contributed by atoms with E-state index in [9.17, 15) is 4.79 Å². The first-order chi connectivity index (χ1) is 8.54. The molecule has 1 aromatic rings. The van der Waals surface area contributed by atoms with Crippen molar-refractivity contribution in [2.24, 2.45) is 0 Å². The number of benzene rings is 1. The highest BCUT2D eigenvalue weighted by atomic mass is 16.1. The van der Waals surface area contributed by atoms with Gasteiger partial charge in [-0.2, -0.15) is 0 Å². The molecule has 1 rings (SSSR count). The zero-order chi connectivity index (χ0) is 13.5. The van der Waals surface area contributed by atoms with Crippen LogP contribution >= 0.6 is 0 Å². The Hall–Kier alpha value is -1.71. The molecule has 0 heterocycles. The van der Waals surface area contributed by atoms with Crippen LogP contribution in [0.3, 0.4) is 0 Å². The van der Waals surface area contributed by atoms with Crippen LogP contribution in [0.2, 0.25) is 0 Å². The number of carbonyl (C=O) groups is 1. The Morgan fingerprint density at radius 1 is 1.33 bits per heavy atom. The fourth-order valence-electron chi connectivity index (χ4n) is 1.81. The van der Waals surface area contributed by atoms with Crippen LogP contribution in [0.1, 0.15) is 18.4 Å². The Labute approximate surface area is 109 Å². The summed E-state index contributed by atoms with van der Waals surface area (Å²) in [6.45, 7) is 2.91. The molecule has 0 fully saturated rings. The molecule has 1 aromatic carbocycles. The van der Waals surface area contributed by atoms with Crippen LogP contribution in [0.25, 0.3) is 0 Å². The van der Waals surface area contributed by atoms with E-state index in [-0.39, 0.29) is 5.91 Å². The van der Waals surface area contributed by atoms with Crippen LogP contribution < -0.4 is 15.5 Å². The molecule has 18 heavy (non-hydrogen) atoms. The SMILES string of the molecule is CNC(=O)CCCNc1ccc(C)c(N(C)C)c1. The van der Waals surface area contributed by atoms with Gasteiger partial charge in [0.05, 0.1) is 0 Å². The predicted octanol–water partition coefficient (Wildman–Crippen LogP) is 2.00. The third kappa shape index (κ3) is 4.28. The number of hydrogen-bond donors (Lipinski definition) is 2. The van der Waals surface area contributed by atoms with E-state index < -0.39 is 0 Å². The van der Waals surface area contributed by atoms with Crippen molar-refractivity contribution < 1.29 is 4.79 Å². The second-order valence-corrected chi connectivity index (χ2v) is 4.60. The maximum atomic E-state index is 11.1. The summed E-state index contributed by atoms with van der Waals surface area (Å²) in [5.41, 5.74) is 3.57. The minimum Gasteiger partial charge on any atom is -0.385 e. The van der Waals surface area contributed by atoms with E-state index in [1.54, 1.807) is 7.05 Å². The average Bonchev–Trinajstić information content (AvgIpc) is 2.35. The summed E-state index contributed by atoms with van der Waals surface area (Å²) in [7, 11) is 5.74. The number of hydrogen-bond acceptors (Lipinski definition) is 3. The minimum atomic E-state index is 0.0923. The molecule has 0 bridgehead atoms. The van der Waals surface area contributed by atoms with Gasteiger partial charge < -0.3 is 15.5 Å². The first kappa shape index (κ1) is 14.4. The Kier molecular flexibility index (Phi) is 5.49. The van der Waals surface area contributed by atoms with Crippen molar-refractivity contribution in [1.82, 2.24) is 5.32 Å². The molecule has 2 N–H and O–H groups in total. The van der Waals surface area contributed by atoms with E-state index in [0.29, 0.717) is 6.42 Å². The maximum Gasteiger partial charge on any atom is 0.219 e. The van der Waals surface area contributed by atoms with Crippen LogP contribution in [0.4, 0.5) is 11.4 Å². The number of nitrogens with zero attached hydrogens (tertiary/aromatic N) is 1. The van der Waals surface area contributed by atoms with Crippen LogP contribution in [-0.2, 0) is 4.79 Å². The van der Waals surface area contributed by atoms with E-state index in [1.807, 2.05) is 14.1 Å². The van der Waals surface area contributed by atoms with Crippen molar-refractivity contribution >= 4 is 17.3 Å². The zero-order valence-corrected chi connectivity index (χ0v) is 11.7. The zero-order valence-electron chi connectivity index (χ0n) is 11.7. The van der Waals surface area contributed by atoms with Gasteiger partial charge >= 0.3 is 0 Å². The quantitative estimate of drug-likeness (QED) is 0.758. The van der Waals surface area contributed by atoms with Crippen molar-refractivity contribution in [1.29, 1.82) is 0 Å². The highest BCUT2D eigenvalue weighted by Gasteiger charge is 2.02. The first-order valence-corrected chi connectivity index (χ1v) is 6.27. The summed E-state index contributed by atoms with van der Waals surface area (Å²) in [5, 5.41) is 5.96. The number of aryl methyl sites for hydroxylation is 1. The molecular formula is C14H23N3O. The Balaban J connectivity index is 2.48. The van der Waals surface area contributed by atoms with Crippen LogP contribution in [0.15, 0.2) is 18.2 Å². The van der Waals surface area contributed by atoms with Gasteiger partial charge in [-0.15, -0.1) is 0 Å². The summed E-state index contributed by atoms with van der Waals surface area (Å²) >= 11 is 0. The van der Waals surface area contributed by atoms with Crippen molar-refractivity contribution in [3.63, 3.8) is 0 Å². The van der Waals surface area contributed by atoms with Crippen LogP contribution in [-0.4, -0.2) is 33.6 Å². The van der Waals surface area contributed by atoms with Crippen molar-refractivity contribution in [3.8, 4) is 0 Å². The van der Waals surface area contributed by atoms with Crippen molar-refractivity contribution in [2.45, 2.75) is 19.8 Å². The van der Waals surface area contributed by atoms with Gasteiger partial charge in [0.1, 0.15) is 0 Å². The molecule has 4 heteroatoms. The Morgan fingerprint density at radius 2 is 2.06 bits per heavy atom. The van der Waals surface area contributed by atoms with E-state index in [4.69, 9.17) is 0 Å². The van der Waals surface area contributed by atoms with Gasteiger partial charge in [0.15, 0.2) is 0 Å². The largest absolute Gasteiger partial charge is 0.385 e. The fourth-order valence-corrected chi connectivity index (χ4v) is 1.81. The van der Waals surface area contributed by atoms with Gasteiger partial charge in [-0.1, -0.05) is 6.07 Å². The first-order valence-electron chi connectivity index (χ1n) is 6.27. The molecule has 100 valence electrons. The van der Waals surface area contributed by atoms with Crippen molar-refractivity contribution in [3.05, 3.63) is 23.8 Å². The molecule has 0 atom stereocenters. The molecule has 0 radical (unpaired) electrons. The fraction of sp³-hybridized carbons (Fsp3) is 0.500. The lowest BCUT2D eigenvalue weighted by molar-refractivity contribution is -0.120. The summed E-state index contributed by atoms with van der Waals surface area (Å²) in [4.78, 5) is 13.2. The van der Waals surface area contributed by atoms with E-state index in [2.05, 4.69) is 40.7 Å². The molecule has 1 amide bonds. The molecular weight excluding hydrogens is 226 g/mol. The third-order valence-corrected chi connectivity index (χ3v) is 2.88. The lowest BCUT2D eigenvalue weighted by Gasteiger charge is -2.17. The number of rotatable bonds is 6. The van der Waals surface area contributed by atoms with E-state index in [0.717, 1.165) is 18.7 Å².